The summed E-state index contributed by atoms with van der Waals surface area (Å²) in [5.41, 5.74) is 1.33. The number of aliphatic hydroxyl groups excluding tert-OH is 1. The van der Waals surface area contributed by atoms with Crippen LogP contribution in [0.2, 0.25) is 0 Å². The second-order valence-electron chi connectivity index (χ2n) is 7.26. The Balaban J connectivity index is 2.43. The first-order valence-electron chi connectivity index (χ1n) is 8.79. The lowest BCUT2D eigenvalue weighted by atomic mass is 10.1. The van der Waals surface area contributed by atoms with Gasteiger partial charge in [-0.1, -0.05) is 12.1 Å². The number of phenols is 1. The third kappa shape index (κ3) is 9.43. The van der Waals surface area contributed by atoms with Crippen molar-refractivity contribution in [3.8, 4) is 5.75 Å². The van der Waals surface area contributed by atoms with Crippen molar-refractivity contribution >= 4 is 5.97 Å². The largest absolute Gasteiger partial charge is 0.508 e. The molecular weight excluding hydrogens is 320 g/mol. The van der Waals surface area contributed by atoms with Gasteiger partial charge in [0.05, 0.1) is 6.61 Å². The molecule has 0 fully saturated rings. The van der Waals surface area contributed by atoms with Gasteiger partial charge in [0.25, 0.3) is 0 Å². The maximum absolute atomic E-state index is 11.8. The molecule has 0 aliphatic heterocycles. The molecule has 6 heteroatoms. The van der Waals surface area contributed by atoms with Crippen molar-refractivity contribution in [2.24, 2.45) is 0 Å². The molecule has 0 aromatic heterocycles. The Morgan fingerprint density at radius 2 is 2.00 bits per heavy atom. The van der Waals surface area contributed by atoms with Crippen LogP contribution in [0.15, 0.2) is 18.2 Å². The van der Waals surface area contributed by atoms with Gasteiger partial charge < -0.3 is 25.6 Å². The zero-order valence-electron chi connectivity index (χ0n) is 15.8. The van der Waals surface area contributed by atoms with Crippen LogP contribution in [0.3, 0.4) is 0 Å². The molecule has 1 aromatic carbocycles. The van der Waals surface area contributed by atoms with Crippen LogP contribution in [-0.4, -0.2) is 47.5 Å². The molecule has 0 spiro atoms. The molecule has 0 saturated carbocycles. The van der Waals surface area contributed by atoms with E-state index in [1.807, 2.05) is 39.8 Å². The van der Waals surface area contributed by atoms with Crippen molar-refractivity contribution < 1.29 is 19.7 Å². The Bertz CT molecular complexity index is 541. The fourth-order valence-corrected chi connectivity index (χ4v) is 2.27. The lowest BCUT2D eigenvalue weighted by molar-refractivity contribution is -0.154. The molecule has 1 unspecified atom stereocenters. The van der Waals surface area contributed by atoms with E-state index in [2.05, 4.69) is 10.6 Å². The Hall–Kier alpha value is -1.63. The Morgan fingerprint density at radius 3 is 2.64 bits per heavy atom. The van der Waals surface area contributed by atoms with Crippen LogP contribution in [0.25, 0.3) is 0 Å². The van der Waals surface area contributed by atoms with E-state index in [0.717, 1.165) is 24.2 Å². The van der Waals surface area contributed by atoms with Crippen LogP contribution in [0.1, 0.15) is 45.2 Å². The number of hydrogen-bond donors (Lipinski definition) is 4. The van der Waals surface area contributed by atoms with Crippen LogP contribution in [0.5, 0.6) is 5.75 Å². The minimum atomic E-state index is -0.470. The third-order valence-electron chi connectivity index (χ3n) is 3.57. The van der Waals surface area contributed by atoms with Crippen LogP contribution in [0.4, 0.5) is 0 Å². The van der Waals surface area contributed by atoms with Crippen molar-refractivity contribution in [1.82, 2.24) is 10.6 Å². The number of carbonyl (C=O) groups excluding carboxylic acids is 1. The zero-order valence-corrected chi connectivity index (χ0v) is 15.8. The number of nitrogens with one attached hydrogen (secondary N) is 2. The van der Waals surface area contributed by atoms with Crippen LogP contribution in [0, 0.1) is 0 Å². The van der Waals surface area contributed by atoms with E-state index < -0.39 is 5.60 Å². The van der Waals surface area contributed by atoms with Crippen LogP contribution in [-0.2, 0) is 22.5 Å². The van der Waals surface area contributed by atoms with Gasteiger partial charge in [-0.05, 0) is 45.7 Å². The highest BCUT2D eigenvalue weighted by Gasteiger charge is 2.16. The monoisotopic (exact) mass is 352 g/mol. The molecule has 1 rings (SSSR count). The second-order valence-corrected chi connectivity index (χ2v) is 7.26. The third-order valence-corrected chi connectivity index (χ3v) is 3.57. The normalized spacial score (nSPS) is 12.8. The predicted molar refractivity (Wildman–Crippen MR) is 98.5 cm³/mol. The molecule has 4 N–H and O–H groups in total. The summed E-state index contributed by atoms with van der Waals surface area (Å²) in [6.07, 6.45) is 0.898. The molecule has 1 aromatic rings. The van der Waals surface area contributed by atoms with E-state index in [1.165, 1.54) is 0 Å². The minimum absolute atomic E-state index is 0.0754. The fraction of sp³-hybridized carbons (Fsp3) is 0.632. The van der Waals surface area contributed by atoms with Gasteiger partial charge in [0, 0.05) is 37.7 Å². The van der Waals surface area contributed by atoms with Gasteiger partial charge in [-0.25, -0.2) is 0 Å². The van der Waals surface area contributed by atoms with Crippen molar-refractivity contribution in [2.45, 2.75) is 58.7 Å². The minimum Gasteiger partial charge on any atom is -0.508 e. The van der Waals surface area contributed by atoms with Crippen molar-refractivity contribution in [1.29, 1.82) is 0 Å². The summed E-state index contributed by atoms with van der Waals surface area (Å²) in [5.74, 6) is 0.0227. The lowest BCUT2D eigenvalue weighted by Gasteiger charge is -2.19. The molecule has 0 bridgehead atoms. The number of phenolic OH excluding ortho intramolecular Hbond substituents is 1. The molecule has 1 atom stereocenters. The summed E-state index contributed by atoms with van der Waals surface area (Å²) < 4.78 is 5.31. The summed E-state index contributed by atoms with van der Waals surface area (Å²) in [6, 6.07) is 5.48. The number of esters is 1. The maximum Gasteiger partial charge on any atom is 0.306 e. The fourth-order valence-electron chi connectivity index (χ4n) is 2.27. The van der Waals surface area contributed by atoms with Gasteiger partial charge in [0.15, 0.2) is 0 Å². The molecule has 0 amide bonds. The number of carbonyl (C=O) groups is 1. The van der Waals surface area contributed by atoms with E-state index in [0.29, 0.717) is 19.4 Å². The summed E-state index contributed by atoms with van der Waals surface area (Å²) in [5, 5.41) is 25.3. The number of rotatable bonds is 10. The highest BCUT2D eigenvalue weighted by molar-refractivity contribution is 5.70. The maximum atomic E-state index is 11.8. The second kappa shape index (κ2) is 10.4. The van der Waals surface area contributed by atoms with Gasteiger partial charge in [0.1, 0.15) is 11.4 Å². The summed E-state index contributed by atoms with van der Waals surface area (Å²) >= 11 is 0. The average molecular weight is 352 g/mol. The first-order valence-corrected chi connectivity index (χ1v) is 8.79. The smallest absolute Gasteiger partial charge is 0.306 e. The number of aliphatic hydroxyl groups is 1. The molecular formula is C19H32N2O4. The zero-order chi connectivity index (χ0) is 18.9. The molecule has 0 aliphatic rings. The Morgan fingerprint density at radius 1 is 1.28 bits per heavy atom. The van der Waals surface area contributed by atoms with Crippen LogP contribution < -0.4 is 10.6 Å². The molecule has 6 nitrogen and oxygen atoms in total. The van der Waals surface area contributed by atoms with Gasteiger partial charge in [-0.3, -0.25) is 4.79 Å². The molecule has 142 valence electrons. The SMILES string of the molecule is CC(CO)NCCNCc1cc(CCC(=O)OC(C)(C)C)ccc1O. The van der Waals surface area contributed by atoms with Crippen LogP contribution >= 0.6 is 0 Å². The van der Waals surface area contributed by atoms with Gasteiger partial charge >= 0.3 is 5.97 Å². The lowest BCUT2D eigenvalue weighted by Crippen LogP contribution is -2.35. The number of ether oxygens (including phenoxy) is 1. The summed E-state index contributed by atoms with van der Waals surface area (Å²) in [6.45, 7) is 9.59. The van der Waals surface area contributed by atoms with E-state index in [1.54, 1.807) is 6.07 Å². The molecule has 0 radical (unpaired) electrons. The Kier molecular flexibility index (Phi) is 8.89. The van der Waals surface area contributed by atoms with Crippen molar-refractivity contribution in [3.05, 3.63) is 29.3 Å². The number of benzene rings is 1. The molecule has 25 heavy (non-hydrogen) atoms. The quantitative estimate of drug-likeness (QED) is 0.379. The predicted octanol–water partition coefficient (Wildman–Crippen LogP) is 1.73. The van der Waals surface area contributed by atoms with E-state index >= 15 is 0 Å². The van der Waals surface area contributed by atoms with Gasteiger partial charge in [0.2, 0.25) is 0 Å². The van der Waals surface area contributed by atoms with Gasteiger partial charge in [-0.15, -0.1) is 0 Å². The highest BCUT2D eigenvalue weighted by Crippen LogP contribution is 2.19. The van der Waals surface area contributed by atoms with Crippen molar-refractivity contribution in [3.63, 3.8) is 0 Å². The molecule has 0 saturated heterocycles. The van der Waals surface area contributed by atoms with E-state index in [9.17, 15) is 9.90 Å². The van der Waals surface area contributed by atoms with Gasteiger partial charge in [-0.2, -0.15) is 0 Å². The highest BCUT2D eigenvalue weighted by atomic mass is 16.6. The van der Waals surface area contributed by atoms with Crippen molar-refractivity contribution in [2.75, 3.05) is 19.7 Å². The first kappa shape index (κ1) is 21.4. The number of aromatic hydroxyl groups is 1. The Labute approximate surface area is 150 Å². The summed E-state index contributed by atoms with van der Waals surface area (Å²) in [7, 11) is 0. The average Bonchev–Trinajstić information content (AvgIpc) is 2.53. The summed E-state index contributed by atoms with van der Waals surface area (Å²) in [4.78, 5) is 11.8. The topological polar surface area (TPSA) is 90.8 Å². The van der Waals surface area contributed by atoms with E-state index in [-0.39, 0.29) is 24.4 Å². The number of aryl methyl sites for hydroxylation is 1. The molecule has 0 heterocycles. The number of hydrogen-bond acceptors (Lipinski definition) is 6. The standard InChI is InChI=1S/C19H32N2O4/c1-14(13-22)21-10-9-20-12-16-11-15(5-7-17(16)23)6-8-18(24)25-19(2,3)4/h5,7,11,14,20-23H,6,8-10,12-13H2,1-4H3. The first-order chi connectivity index (χ1) is 11.7. The van der Waals surface area contributed by atoms with E-state index in [4.69, 9.17) is 9.84 Å². The molecule has 0 aliphatic carbocycles.